The van der Waals surface area contributed by atoms with Crippen LogP contribution in [-0.4, -0.2) is 20.6 Å². The first kappa shape index (κ1) is 12.6. The molecule has 2 heterocycles. The number of pyridine rings is 1. The van der Waals surface area contributed by atoms with Crippen LogP contribution < -0.4 is 5.73 Å². The Balaban J connectivity index is 2.26. The van der Waals surface area contributed by atoms with Gasteiger partial charge in [0.2, 0.25) is 0 Å². The van der Waals surface area contributed by atoms with Gasteiger partial charge in [0.05, 0.1) is 11.7 Å². The number of rotatable bonds is 2. The van der Waals surface area contributed by atoms with Crippen molar-refractivity contribution in [2.24, 2.45) is 5.73 Å². The van der Waals surface area contributed by atoms with Crippen LogP contribution in [0.1, 0.15) is 51.9 Å². The van der Waals surface area contributed by atoms with E-state index in [0.717, 1.165) is 24.2 Å². The lowest BCUT2D eigenvalue weighted by atomic mass is 9.84. The summed E-state index contributed by atoms with van der Waals surface area (Å²) in [6.07, 6.45) is 7.09. The molecular weight excluding hydrogens is 236 g/mol. The second kappa shape index (κ2) is 4.30. The van der Waals surface area contributed by atoms with Crippen molar-refractivity contribution in [2.75, 3.05) is 0 Å². The maximum atomic E-state index is 6.37. The van der Waals surface area contributed by atoms with Gasteiger partial charge in [0.15, 0.2) is 0 Å². The molecule has 2 atom stereocenters. The summed E-state index contributed by atoms with van der Waals surface area (Å²) < 4.78 is 2.34. The van der Waals surface area contributed by atoms with Crippen LogP contribution in [0, 0.1) is 0 Å². The standard InChI is InChI=1S/C15H22N4/c1-10(2)19-12-6-8-17-9-11(12)18-14(19)15(3)7-4-5-13(15)16/h6,8-10,13H,4-5,7,16H2,1-3H3. The molecule has 2 aromatic rings. The monoisotopic (exact) mass is 258 g/mol. The van der Waals surface area contributed by atoms with Gasteiger partial charge in [0.1, 0.15) is 11.3 Å². The van der Waals surface area contributed by atoms with Crippen molar-refractivity contribution in [1.29, 1.82) is 0 Å². The molecule has 0 aromatic carbocycles. The van der Waals surface area contributed by atoms with Crippen LogP contribution in [0.4, 0.5) is 0 Å². The molecule has 0 saturated heterocycles. The number of nitrogens with zero attached hydrogens (tertiary/aromatic N) is 3. The first-order chi connectivity index (χ1) is 9.04. The predicted molar refractivity (Wildman–Crippen MR) is 77.1 cm³/mol. The Bertz CT molecular complexity index is 601. The lowest BCUT2D eigenvalue weighted by Gasteiger charge is -2.30. The van der Waals surface area contributed by atoms with E-state index in [1.165, 1.54) is 11.9 Å². The summed E-state index contributed by atoms with van der Waals surface area (Å²) in [5.74, 6) is 1.13. The lowest BCUT2D eigenvalue weighted by molar-refractivity contribution is 0.378. The Labute approximate surface area is 114 Å². The molecule has 2 unspecified atom stereocenters. The van der Waals surface area contributed by atoms with E-state index in [-0.39, 0.29) is 11.5 Å². The zero-order chi connectivity index (χ0) is 13.6. The summed E-state index contributed by atoms with van der Waals surface area (Å²) in [7, 11) is 0. The van der Waals surface area contributed by atoms with Crippen LogP contribution in [0.25, 0.3) is 11.0 Å². The Hall–Kier alpha value is -1.42. The summed E-state index contributed by atoms with van der Waals surface area (Å²) in [6.45, 7) is 6.67. The van der Waals surface area contributed by atoms with Crippen LogP contribution in [-0.2, 0) is 5.41 Å². The number of imidazole rings is 1. The van der Waals surface area contributed by atoms with Crippen molar-refractivity contribution in [3.05, 3.63) is 24.3 Å². The van der Waals surface area contributed by atoms with Gasteiger partial charge in [-0.2, -0.15) is 0 Å². The molecule has 0 spiro atoms. The normalized spacial score (nSPS) is 27.5. The quantitative estimate of drug-likeness (QED) is 0.901. The minimum atomic E-state index is -0.0106. The molecule has 2 N–H and O–H groups in total. The zero-order valence-electron chi connectivity index (χ0n) is 11.9. The third-order valence-electron chi connectivity index (χ3n) is 4.55. The highest BCUT2D eigenvalue weighted by atomic mass is 15.1. The highest BCUT2D eigenvalue weighted by Crippen LogP contribution is 2.41. The second-order valence-corrected chi connectivity index (χ2v) is 6.18. The predicted octanol–water partition coefficient (Wildman–Crippen LogP) is 2.78. The molecule has 3 rings (SSSR count). The number of aromatic nitrogens is 3. The van der Waals surface area contributed by atoms with E-state index in [2.05, 4.69) is 36.4 Å². The summed E-state index contributed by atoms with van der Waals surface area (Å²) >= 11 is 0. The Morgan fingerprint density at radius 3 is 2.89 bits per heavy atom. The summed E-state index contributed by atoms with van der Waals surface area (Å²) in [5, 5.41) is 0. The summed E-state index contributed by atoms with van der Waals surface area (Å²) in [4.78, 5) is 9.05. The molecule has 0 radical (unpaired) electrons. The fourth-order valence-corrected chi connectivity index (χ4v) is 3.35. The van der Waals surface area contributed by atoms with Crippen molar-refractivity contribution < 1.29 is 0 Å². The molecule has 1 aliphatic carbocycles. The van der Waals surface area contributed by atoms with Gasteiger partial charge in [-0.05, 0) is 32.8 Å². The van der Waals surface area contributed by atoms with E-state index in [1.54, 1.807) is 0 Å². The van der Waals surface area contributed by atoms with Crippen molar-refractivity contribution in [2.45, 2.75) is 57.5 Å². The molecule has 1 aliphatic rings. The van der Waals surface area contributed by atoms with Crippen molar-refractivity contribution in [1.82, 2.24) is 14.5 Å². The minimum Gasteiger partial charge on any atom is -0.327 e. The molecule has 2 aromatic heterocycles. The molecule has 1 saturated carbocycles. The van der Waals surface area contributed by atoms with Gasteiger partial charge in [0, 0.05) is 23.7 Å². The third kappa shape index (κ3) is 1.77. The number of fused-ring (bicyclic) bond motifs is 1. The number of hydrogen-bond acceptors (Lipinski definition) is 3. The topological polar surface area (TPSA) is 56.7 Å². The van der Waals surface area contributed by atoms with Crippen molar-refractivity contribution >= 4 is 11.0 Å². The van der Waals surface area contributed by atoms with Crippen LogP contribution in [0.15, 0.2) is 18.5 Å². The number of nitrogens with two attached hydrogens (primary N) is 1. The first-order valence-electron chi connectivity index (χ1n) is 7.12. The van der Waals surface area contributed by atoms with E-state index in [9.17, 15) is 0 Å². The fourth-order valence-electron chi connectivity index (χ4n) is 3.35. The number of hydrogen-bond donors (Lipinski definition) is 1. The van der Waals surface area contributed by atoms with Gasteiger partial charge in [0.25, 0.3) is 0 Å². The van der Waals surface area contributed by atoms with Crippen LogP contribution in [0.2, 0.25) is 0 Å². The van der Waals surface area contributed by atoms with Gasteiger partial charge >= 0.3 is 0 Å². The van der Waals surface area contributed by atoms with E-state index in [4.69, 9.17) is 10.7 Å². The second-order valence-electron chi connectivity index (χ2n) is 6.18. The van der Waals surface area contributed by atoms with Gasteiger partial charge < -0.3 is 10.3 Å². The average Bonchev–Trinajstić information content (AvgIpc) is 2.92. The van der Waals surface area contributed by atoms with Gasteiger partial charge in [-0.1, -0.05) is 13.3 Å². The molecular formula is C15H22N4. The Kier molecular flexibility index (Phi) is 2.86. The largest absolute Gasteiger partial charge is 0.327 e. The van der Waals surface area contributed by atoms with Gasteiger partial charge in [-0.25, -0.2) is 4.98 Å². The molecule has 102 valence electrons. The summed E-state index contributed by atoms with van der Waals surface area (Å²) in [6, 6.07) is 2.64. The minimum absolute atomic E-state index is 0.0106. The Morgan fingerprint density at radius 2 is 2.26 bits per heavy atom. The van der Waals surface area contributed by atoms with E-state index < -0.39 is 0 Å². The maximum absolute atomic E-state index is 6.37. The maximum Gasteiger partial charge on any atom is 0.117 e. The third-order valence-corrected chi connectivity index (χ3v) is 4.55. The van der Waals surface area contributed by atoms with Crippen LogP contribution >= 0.6 is 0 Å². The van der Waals surface area contributed by atoms with E-state index in [1.807, 2.05) is 12.4 Å². The molecule has 4 nitrogen and oxygen atoms in total. The molecule has 19 heavy (non-hydrogen) atoms. The highest BCUT2D eigenvalue weighted by molar-refractivity contribution is 5.75. The highest BCUT2D eigenvalue weighted by Gasteiger charge is 2.42. The van der Waals surface area contributed by atoms with E-state index >= 15 is 0 Å². The smallest absolute Gasteiger partial charge is 0.117 e. The first-order valence-corrected chi connectivity index (χ1v) is 7.12. The lowest BCUT2D eigenvalue weighted by Crippen LogP contribution is -2.40. The van der Waals surface area contributed by atoms with Crippen LogP contribution in [0.5, 0.6) is 0 Å². The molecule has 4 heteroatoms. The summed E-state index contributed by atoms with van der Waals surface area (Å²) in [5.41, 5.74) is 8.50. The van der Waals surface area contributed by atoms with Crippen molar-refractivity contribution in [3.8, 4) is 0 Å². The van der Waals surface area contributed by atoms with Crippen LogP contribution in [0.3, 0.4) is 0 Å². The average molecular weight is 258 g/mol. The molecule has 0 amide bonds. The van der Waals surface area contributed by atoms with Crippen molar-refractivity contribution in [3.63, 3.8) is 0 Å². The molecule has 0 bridgehead atoms. The van der Waals surface area contributed by atoms with E-state index in [0.29, 0.717) is 6.04 Å². The fraction of sp³-hybridized carbons (Fsp3) is 0.600. The SMILES string of the molecule is CC(C)n1c(C2(C)CCCC2N)nc2cnccc21. The zero-order valence-corrected chi connectivity index (χ0v) is 11.9. The van der Waals surface area contributed by atoms with Gasteiger partial charge in [-0.15, -0.1) is 0 Å². The molecule has 1 fully saturated rings. The van der Waals surface area contributed by atoms with Gasteiger partial charge in [-0.3, -0.25) is 4.98 Å². The molecule has 0 aliphatic heterocycles. The Morgan fingerprint density at radius 1 is 1.47 bits per heavy atom.